The minimum absolute atomic E-state index is 0.319. The van der Waals surface area contributed by atoms with E-state index in [1.807, 2.05) is 30.1 Å². The number of anilines is 1. The van der Waals surface area contributed by atoms with Crippen molar-refractivity contribution in [3.8, 4) is 11.3 Å². The van der Waals surface area contributed by atoms with Gasteiger partial charge in [-0.05, 0) is 26.7 Å². The predicted octanol–water partition coefficient (Wildman–Crippen LogP) is 3.11. The highest BCUT2D eigenvalue weighted by Crippen LogP contribution is 2.21. The van der Waals surface area contributed by atoms with Crippen LogP contribution in [0.3, 0.4) is 0 Å². The highest BCUT2D eigenvalue weighted by atomic mass is 16.4. The van der Waals surface area contributed by atoms with E-state index in [-0.39, 0.29) is 0 Å². The molecule has 3 heterocycles. The maximum Gasteiger partial charge on any atom is 0.216 e. The summed E-state index contributed by atoms with van der Waals surface area (Å²) < 4.78 is 7.76. The second-order valence-electron chi connectivity index (χ2n) is 7.98. The van der Waals surface area contributed by atoms with E-state index < -0.39 is 0 Å². The Hall–Kier alpha value is -3.29. The summed E-state index contributed by atoms with van der Waals surface area (Å²) in [4.78, 5) is 11.5. The number of hydrogen-bond donors (Lipinski definition) is 2. The minimum atomic E-state index is 0.319. The molecule has 8 nitrogen and oxygen atoms in total. The Bertz CT molecular complexity index is 1010. The first-order chi connectivity index (χ1) is 15.1. The molecular weight excluding hydrogens is 390 g/mol. The zero-order valence-electron chi connectivity index (χ0n) is 18.5. The molecule has 0 saturated carbocycles. The van der Waals surface area contributed by atoms with Crippen molar-refractivity contribution in [2.45, 2.75) is 39.3 Å². The van der Waals surface area contributed by atoms with E-state index in [0.29, 0.717) is 18.5 Å². The number of aliphatic imine (C=N–C) groups is 1. The van der Waals surface area contributed by atoms with Gasteiger partial charge in [0.1, 0.15) is 6.54 Å². The van der Waals surface area contributed by atoms with Crippen LogP contribution in [0.15, 0.2) is 52.3 Å². The lowest BCUT2D eigenvalue weighted by Crippen LogP contribution is -2.51. The number of aromatic nitrogens is 3. The Labute approximate surface area is 183 Å². The molecule has 1 aromatic carbocycles. The number of hydrogen-bond acceptors (Lipinski definition) is 5. The van der Waals surface area contributed by atoms with Gasteiger partial charge in [0.25, 0.3) is 0 Å². The van der Waals surface area contributed by atoms with E-state index in [2.05, 4.69) is 57.8 Å². The highest BCUT2D eigenvalue weighted by molar-refractivity contribution is 5.80. The zero-order valence-corrected chi connectivity index (χ0v) is 18.5. The summed E-state index contributed by atoms with van der Waals surface area (Å²) >= 11 is 0. The molecule has 8 heteroatoms. The van der Waals surface area contributed by atoms with Gasteiger partial charge in [-0.1, -0.05) is 29.8 Å². The quantitative estimate of drug-likeness (QED) is 0.470. The van der Waals surface area contributed by atoms with Crippen molar-refractivity contribution in [1.29, 1.82) is 0 Å². The summed E-state index contributed by atoms with van der Waals surface area (Å²) in [5.41, 5.74) is 3.41. The average molecular weight is 422 g/mol. The molecule has 1 aliphatic rings. The molecule has 0 spiro atoms. The van der Waals surface area contributed by atoms with Gasteiger partial charge in [-0.15, -0.1) is 0 Å². The van der Waals surface area contributed by atoms with Crippen LogP contribution >= 0.6 is 0 Å². The summed E-state index contributed by atoms with van der Waals surface area (Å²) in [6.07, 6.45) is 8.00. The van der Waals surface area contributed by atoms with Crippen LogP contribution in [0.5, 0.6) is 0 Å². The number of rotatable bonds is 6. The Morgan fingerprint density at radius 2 is 2.10 bits per heavy atom. The zero-order chi connectivity index (χ0) is 21.6. The normalized spacial score (nSPS) is 17.1. The smallest absolute Gasteiger partial charge is 0.216 e. The molecular formula is C23H31N7O. The van der Waals surface area contributed by atoms with E-state index in [1.54, 1.807) is 6.20 Å². The molecule has 4 rings (SSSR count). The van der Waals surface area contributed by atoms with Crippen LogP contribution in [0, 0.1) is 6.92 Å². The van der Waals surface area contributed by atoms with Crippen LogP contribution in [0.1, 0.15) is 31.2 Å². The van der Waals surface area contributed by atoms with Crippen LogP contribution in [0.4, 0.5) is 5.69 Å². The number of nitrogens with zero attached hydrogens (tertiary/aromatic N) is 5. The molecule has 1 aliphatic heterocycles. The first-order valence-electron chi connectivity index (χ1n) is 10.9. The second-order valence-corrected chi connectivity index (χ2v) is 7.98. The van der Waals surface area contributed by atoms with Gasteiger partial charge in [0.2, 0.25) is 5.89 Å². The number of guanidine groups is 1. The Morgan fingerprint density at radius 1 is 1.26 bits per heavy atom. The van der Waals surface area contributed by atoms with E-state index in [1.165, 1.54) is 11.3 Å². The number of aryl methyl sites for hydroxylation is 2. The van der Waals surface area contributed by atoms with Crippen molar-refractivity contribution in [2.24, 2.45) is 12.0 Å². The van der Waals surface area contributed by atoms with Gasteiger partial charge in [-0.2, -0.15) is 5.10 Å². The van der Waals surface area contributed by atoms with Gasteiger partial charge < -0.3 is 20.0 Å². The molecule has 0 amide bonds. The summed E-state index contributed by atoms with van der Waals surface area (Å²) in [6.45, 7) is 7.30. The van der Waals surface area contributed by atoms with Gasteiger partial charge in [0.15, 0.2) is 11.7 Å². The van der Waals surface area contributed by atoms with Gasteiger partial charge >= 0.3 is 0 Å². The predicted molar refractivity (Wildman–Crippen MR) is 123 cm³/mol. The number of nitrogens with one attached hydrogen (secondary N) is 2. The molecule has 2 N–H and O–H groups in total. The van der Waals surface area contributed by atoms with Crippen molar-refractivity contribution in [3.05, 3.63) is 54.3 Å². The Balaban J connectivity index is 1.38. The third-order valence-corrected chi connectivity index (χ3v) is 5.42. The molecule has 2 aromatic heterocycles. The van der Waals surface area contributed by atoms with E-state index in [4.69, 9.17) is 9.41 Å². The van der Waals surface area contributed by atoms with Crippen molar-refractivity contribution < 1.29 is 4.42 Å². The third-order valence-electron chi connectivity index (χ3n) is 5.42. The molecule has 1 saturated heterocycles. The van der Waals surface area contributed by atoms with Crippen LogP contribution in [0.2, 0.25) is 0 Å². The topological polar surface area (TPSA) is 83.5 Å². The summed E-state index contributed by atoms with van der Waals surface area (Å²) in [5.74, 6) is 2.16. The lowest BCUT2D eigenvalue weighted by molar-refractivity contribution is 0.466. The SMILES string of the molecule is CCNC(=NCc1ncc(-c2ccc(C)cc2)o1)NC1CCCN(c2cnn(C)c2)C1. The average Bonchev–Trinajstić information content (AvgIpc) is 3.42. The fourth-order valence-corrected chi connectivity index (χ4v) is 3.80. The molecule has 0 radical (unpaired) electrons. The number of benzene rings is 1. The second kappa shape index (κ2) is 9.68. The molecule has 0 aliphatic carbocycles. The Kier molecular flexibility index (Phi) is 6.54. The van der Waals surface area contributed by atoms with E-state index >= 15 is 0 Å². The first-order valence-corrected chi connectivity index (χ1v) is 10.9. The Morgan fingerprint density at radius 3 is 2.84 bits per heavy atom. The molecule has 164 valence electrons. The van der Waals surface area contributed by atoms with Crippen molar-refractivity contribution in [3.63, 3.8) is 0 Å². The minimum Gasteiger partial charge on any atom is -0.439 e. The van der Waals surface area contributed by atoms with Crippen LogP contribution in [0.25, 0.3) is 11.3 Å². The lowest BCUT2D eigenvalue weighted by atomic mass is 10.1. The van der Waals surface area contributed by atoms with Crippen LogP contribution in [-0.4, -0.2) is 46.4 Å². The van der Waals surface area contributed by atoms with Crippen molar-refractivity contribution >= 4 is 11.6 Å². The molecule has 31 heavy (non-hydrogen) atoms. The molecule has 1 atom stereocenters. The molecule has 1 fully saturated rings. The largest absolute Gasteiger partial charge is 0.439 e. The van der Waals surface area contributed by atoms with Gasteiger partial charge in [0, 0.05) is 44.5 Å². The van der Waals surface area contributed by atoms with Gasteiger partial charge in [-0.25, -0.2) is 9.98 Å². The molecule has 1 unspecified atom stereocenters. The van der Waals surface area contributed by atoms with Crippen LogP contribution in [-0.2, 0) is 13.6 Å². The summed E-state index contributed by atoms with van der Waals surface area (Å²) in [6, 6.07) is 8.56. The lowest BCUT2D eigenvalue weighted by Gasteiger charge is -2.34. The van der Waals surface area contributed by atoms with Gasteiger partial charge in [0.05, 0.1) is 18.1 Å². The third kappa shape index (κ3) is 5.45. The monoisotopic (exact) mass is 421 g/mol. The highest BCUT2D eigenvalue weighted by Gasteiger charge is 2.22. The van der Waals surface area contributed by atoms with E-state index in [9.17, 15) is 0 Å². The standard InChI is InChI=1S/C23H31N7O/c1-4-24-23(28-19-6-5-11-30(15-19)20-12-27-29(3)16-20)26-14-22-25-13-21(31-22)18-9-7-17(2)8-10-18/h7-10,12-13,16,19H,4-6,11,14-15H2,1-3H3,(H2,24,26,28). The van der Waals surface area contributed by atoms with Crippen LogP contribution < -0.4 is 15.5 Å². The summed E-state index contributed by atoms with van der Waals surface area (Å²) in [5, 5.41) is 11.2. The van der Waals surface area contributed by atoms with Crippen molar-refractivity contribution in [1.82, 2.24) is 25.4 Å². The van der Waals surface area contributed by atoms with Gasteiger partial charge in [-0.3, -0.25) is 4.68 Å². The first kappa shape index (κ1) is 21.0. The van der Waals surface area contributed by atoms with E-state index in [0.717, 1.165) is 49.8 Å². The number of oxazole rings is 1. The van der Waals surface area contributed by atoms with Crippen molar-refractivity contribution in [2.75, 3.05) is 24.5 Å². The molecule has 0 bridgehead atoms. The maximum atomic E-state index is 5.91. The fraction of sp³-hybridized carbons (Fsp3) is 0.435. The maximum absolute atomic E-state index is 5.91. The fourth-order valence-electron chi connectivity index (χ4n) is 3.80. The summed E-state index contributed by atoms with van der Waals surface area (Å²) in [7, 11) is 1.95. The number of piperidine rings is 1. The molecule has 3 aromatic rings.